The average Bonchev–Trinajstić information content (AvgIpc) is 3.87. The van der Waals surface area contributed by atoms with E-state index in [-0.39, 0.29) is 6.17 Å². The lowest BCUT2D eigenvalue weighted by atomic mass is 10.1. The standard InChI is InChI=1S/C45H28N4OS/c1-3-11-27(12-4-1)43-46-44(28-13-5-2-6-14-28)48-45(47-43)29-19-21-31-32-22-20-30(26-39(32)50-38(31)25-29)49-36-17-9-7-16-35(36)41-37(49)24-23-34-33-15-8-10-18-40(33)51-42(34)41/h1-26,43H,(H,46,47,48). The normalized spacial score (nSPS) is 14.9. The molecule has 11 rings (SSSR count). The summed E-state index contributed by atoms with van der Waals surface area (Å²) < 4.78 is 11.7. The van der Waals surface area contributed by atoms with Gasteiger partial charge in [-0.05, 0) is 48.0 Å². The van der Waals surface area contributed by atoms with Gasteiger partial charge in [0.15, 0.2) is 5.84 Å². The van der Waals surface area contributed by atoms with E-state index in [1.54, 1.807) is 0 Å². The number of aromatic nitrogens is 1. The van der Waals surface area contributed by atoms with Crippen LogP contribution in [0.25, 0.3) is 69.6 Å². The van der Waals surface area contributed by atoms with Crippen molar-refractivity contribution in [2.45, 2.75) is 6.17 Å². The molecule has 0 saturated carbocycles. The molecule has 0 aliphatic carbocycles. The average molecular weight is 673 g/mol. The van der Waals surface area contributed by atoms with Crippen LogP contribution in [0.5, 0.6) is 0 Å². The molecule has 0 amide bonds. The van der Waals surface area contributed by atoms with Gasteiger partial charge in [0, 0.05) is 64.6 Å². The number of thiophene rings is 1. The first-order valence-electron chi connectivity index (χ1n) is 17.1. The van der Waals surface area contributed by atoms with Crippen molar-refractivity contribution in [1.29, 1.82) is 0 Å². The molecule has 1 aliphatic rings. The monoisotopic (exact) mass is 672 g/mol. The minimum absolute atomic E-state index is 0.261. The van der Waals surface area contributed by atoms with Gasteiger partial charge in [-0.15, -0.1) is 11.3 Å². The molecule has 10 aromatic rings. The molecule has 0 bridgehead atoms. The number of aliphatic imine (C=N–C) groups is 2. The molecule has 1 unspecified atom stereocenters. The zero-order valence-corrected chi connectivity index (χ0v) is 28.1. The van der Waals surface area contributed by atoms with Crippen molar-refractivity contribution in [3.05, 3.63) is 174 Å². The Morgan fingerprint density at radius 3 is 2.14 bits per heavy atom. The van der Waals surface area contributed by atoms with Crippen LogP contribution in [0.15, 0.2) is 172 Å². The predicted octanol–water partition coefficient (Wildman–Crippen LogP) is 11.5. The number of furan rings is 1. The molecule has 1 N–H and O–H groups in total. The first kappa shape index (κ1) is 28.3. The van der Waals surface area contributed by atoms with E-state index in [4.69, 9.17) is 14.4 Å². The van der Waals surface area contributed by atoms with Crippen LogP contribution in [0.1, 0.15) is 22.9 Å². The molecule has 0 fully saturated rings. The quantitative estimate of drug-likeness (QED) is 0.202. The Bertz CT molecular complexity index is 3060. The summed E-state index contributed by atoms with van der Waals surface area (Å²) >= 11 is 1.88. The first-order valence-corrected chi connectivity index (χ1v) is 17.9. The van der Waals surface area contributed by atoms with Crippen molar-refractivity contribution in [3.8, 4) is 5.69 Å². The number of fused-ring (bicyclic) bond motifs is 10. The second-order valence-corrected chi connectivity index (χ2v) is 14.1. The Morgan fingerprint density at radius 1 is 0.569 bits per heavy atom. The fourth-order valence-corrected chi connectivity index (χ4v) is 8.94. The smallest absolute Gasteiger partial charge is 0.159 e. The number of amidine groups is 2. The van der Waals surface area contributed by atoms with Crippen LogP contribution in [0.2, 0.25) is 0 Å². The Morgan fingerprint density at radius 2 is 1.27 bits per heavy atom. The zero-order chi connectivity index (χ0) is 33.5. The Labute approximate surface area is 296 Å². The summed E-state index contributed by atoms with van der Waals surface area (Å²) in [6.07, 6.45) is -0.261. The molecule has 0 radical (unpaired) electrons. The van der Waals surface area contributed by atoms with Gasteiger partial charge in [-0.2, -0.15) is 0 Å². The number of benzene rings is 7. The summed E-state index contributed by atoms with van der Waals surface area (Å²) in [5.74, 6) is 1.46. The molecule has 0 saturated heterocycles. The molecule has 1 aliphatic heterocycles. The molecule has 7 aromatic carbocycles. The second-order valence-electron chi connectivity index (χ2n) is 13.0. The number of hydrogen-bond acceptors (Lipinski definition) is 5. The van der Waals surface area contributed by atoms with Crippen LogP contribution < -0.4 is 5.32 Å². The molecule has 5 nitrogen and oxygen atoms in total. The summed E-state index contributed by atoms with van der Waals surface area (Å²) in [5, 5.41) is 10.9. The Kier molecular flexibility index (Phi) is 6.12. The summed E-state index contributed by atoms with van der Waals surface area (Å²) in [6.45, 7) is 0. The first-order chi connectivity index (χ1) is 25.3. The minimum atomic E-state index is -0.261. The van der Waals surface area contributed by atoms with Crippen molar-refractivity contribution in [2.75, 3.05) is 0 Å². The maximum Gasteiger partial charge on any atom is 0.159 e. The van der Waals surface area contributed by atoms with E-state index < -0.39 is 0 Å². The van der Waals surface area contributed by atoms with Crippen LogP contribution in [0.3, 0.4) is 0 Å². The minimum Gasteiger partial charge on any atom is -0.456 e. The Balaban J connectivity index is 1.05. The molecule has 4 heterocycles. The van der Waals surface area contributed by atoms with Gasteiger partial charge < -0.3 is 14.3 Å². The van der Waals surface area contributed by atoms with Crippen LogP contribution >= 0.6 is 11.3 Å². The van der Waals surface area contributed by atoms with E-state index in [0.29, 0.717) is 5.84 Å². The largest absolute Gasteiger partial charge is 0.456 e. The van der Waals surface area contributed by atoms with Crippen LogP contribution in [-0.2, 0) is 0 Å². The van der Waals surface area contributed by atoms with Gasteiger partial charge in [-0.3, -0.25) is 0 Å². The number of para-hydroxylation sites is 1. The molecule has 6 heteroatoms. The Hall–Kier alpha value is -6.50. The highest BCUT2D eigenvalue weighted by Gasteiger charge is 2.22. The van der Waals surface area contributed by atoms with Crippen LogP contribution in [0, 0.1) is 0 Å². The second kappa shape index (κ2) is 11.0. The van der Waals surface area contributed by atoms with E-state index in [0.717, 1.165) is 50.2 Å². The van der Waals surface area contributed by atoms with Crippen molar-refractivity contribution < 1.29 is 4.42 Å². The lowest BCUT2D eigenvalue weighted by Gasteiger charge is -2.23. The summed E-state index contributed by atoms with van der Waals surface area (Å²) in [6, 6.07) is 55.4. The van der Waals surface area contributed by atoms with Gasteiger partial charge in [0.1, 0.15) is 23.2 Å². The summed E-state index contributed by atoms with van der Waals surface area (Å²) in [5.41, 5.74) is 8.09. The fourth-order valence-electron chi connectivity index (χ4n) is 7.68. The number of nitrogens with one attached hydrogen (secondary N) is 1. The maximum absolute atomic E-state index is 6.65. The molecule has 3 aromatic heterocycles. The van der Waals surface area contributed by atoms with Gasteiger partial charge in [-0.25, -0.2) is 9.98 Å². The van der Waals surface area contributed by atoms with Gasteiger partial charge in [0.25, 0.3) is 0 Å². The number of hydrogen-bond donors (Lipinski definition) is 1. The van der Waals surface area contributed by atoms with Crippen molar-refractivity contribution in [2.24, 2.45) is 9.98 Å². The number of rotatable bonds is 4. The molecule has 240 valence electrons. The van der Waals surface area contributed by atoms with E-state index in [2.05, 4.69) is 131 Å². The highest BCUT2D eigenvalue weighted by atomic mass is 32.1. The van der Waals surface area contributed by atoms with E-state index >= 15 is 0 Å². The van der Waals surface area contributed by atoms with E-state index in [9.17, 15) is 0 Å². The highest BCUT2D eigenvalue weighted by molar-refractivity contribution is 7.26. The lowest BCUT2D eigenvalue weighted by molar-refractivity contribution is 0.667. The number of nitrogens with zero attached hydrogens (tertiary/aromatic N) is 3. The summed E-state index contributed by atoms with van der Waals surface area (Å²) in [7, 11) is 0. The van der Waals surface area contributed by atoms with Crippen molar-refractivity contribution >= 4 is 86.9 Å². The van der Waals surface area contributed by atoms with Gasteiger partial charge >= 0.3 is 0 Å². The summed E-state index contributed by atoms with van der Waals surface area (Å²) in [4.78, 5) is 10.1. The van der Waals surface area contributed by atoms with Crippen molar-refractivity contribution in [3.63, 3.8) is 0 Å². The fraction of sp³-hybridized carbons (Fsp3) is 0.0222. The van der Waals surface area contributed by atoms with Gasteiger partial charge in [0.2, 0.25) is 0 Å². The molecule has 1 atom stereocenters. The van der Waals surface area contributed by atoms with E-state index in [1.807, 2.05) is 47.7 Å². The molecule has 51 heavy (non-hydrogen) atoms. The predicted molar refractivity (Wildman–Crippen MR) is 213 cm³/mol. The lowest BCUT2D eigenvalue weighted by Crippen LogP contribution is -2.33. The van der Waals surface area contributed by atoms with Crippen LogP contribution in [0.4, 0.5) is 0 Å². The highest BCUT2D eigenvalue weighted by Crippen LogP contribution is 2.43. The zero-order valence-electron chi connectivity index (χ0n) is 27.2. The third-order valence-corrected chi connectivity index (χ3v) is 11.3. The third-order valence-electron chi connectivity index (χ3n) is 10.1. The van der Waals surface area contributed by atoms with E-state index in [1.165, 1.54) is 42.0 Å². The topological polar surface area (TPSA) is 54.8 Å². The van der Waals surface area contributed by atoms with Crippen LogP contribution in [-0.4, -0.2) is 16.2 Å². The molecular weight excluding hydrogens is 645 g/mol. The van der Waals surface area contributed by atoms with Gasteiger partial charge in [-0.1, -0.05) is 109 Å². The van der Waals surface area contributed by atoms with Crippen molar-refractivity contribution in [1.82, 2.24) is 9.88 Å². The SMILES string of the molecule is c1ccc(C2=NC(c3ccc4c(c3)oc3cc(-n5c6ccccc6c6c7sc8ccccc8c7ccc65)ccc34)=NC(c3ccccc3)N2)cc1. The van der Waals surface area contributed by atoms with Gasteiger partial charge in [0.05, 0.1) is 11.0 Å². The molecule has 0 spiro atoms. The molecular formula is C45H28N4OS. The maximum atomic E-state index is 6.65. The third kappa shape index (κ3) is 4.40.